The Labute approximate surface area is 81.5 Å². The molecule has 1 saturated carbocycles. The summed E-state index contributed by atoms with van der Waals surface area (Å²) < 4.78 is 0. The van der Waals surface area contributed by atoms with E-state index in [1.54, 1.807) is 0 Å². The van der Waals surface area contributed by atoms with Crippen LogP contribution in [0.15, 0.2) is 0 Å². The molecule has 0 aromatic heterocycles. The minimum Gasteiger partial charge on any atom is -0.389 e. The van der Waals surface area contributed by atoms with Crippen molar-refractivity contribution in [2.45, 2.75) is 46.1 Å². The van der Waals surface area contributed by atoms with Crippen molar-refractivity contribution in [1.82, 2.24) is 0 Å². The summed E-state index contributed by atoms with van der Waals surface area (Å²) in [7, 11) is 0. The van der Waals surface area contributed by atoms with Gasteiger partial charge in [-0.3, -0.25) is 0 Å². The Balaban J connectivity index is 2.80. The van der Waals surface area contributed by atoms with Gasteiger partial charge >= 0.3 is 0 Å². The summed E-state index contributed by atoms with van der Waals surface area (Å²) in [5.41, 5.74) is 5.01. The topological polar surface area (TPSA) is 46.2 Å². The normalized spacial score (nSPS) is 32.8. The summed E-state index contributed by atoms with van der Waals surface area (Å²) in [4.78, 5) is 0. The fraction of sp³-hybridized carbons (Fsp3) is 1.00. The SMILES string of the molecule is CCC(O)(C1CC1C)C(C)(C)CN. The first-order chi connectivity index (χ1) is 5.89. The molecule has 0 aromatic carbocycles. The molecule has 0 aliphatic heterocycles. The molecule has 13 heavy (non-hydrogen) atoms. The Kier molecular flexibility index (Phi) is 2.75. The summed E-state index contributed by atoms with van der Waals surface area (Å²) in [6.45, 7) is 8.96. The van der Waals surface area contributed by atoms with Crippen molar-refractivity contribution < 1.29 is 5.11 Å². The van der Waals surface area contributed by atoms with Gasteiger partial charge in [0.2, 0.25) is 0 Å². The molecule has 0 aromatic rings. The van der Waals surface area contributed by atoms with Crippen LogP contribution in [0.3, 0.4) is 0 Å². The van der Waals surface area contributed by atoms with E-state index in [-0.39, 0.29) is 5.41 Å². The molecule has 78 valence electrons. The van der Waals surface area contributed by atoms with Crippen LogP contribution < -0.4 is 5.73 Å². The zero-order valence-corrected chi connectivity index (χ0v) is 9.30. The molecule has 1 aliphatic carbocycles. The first kappa shape index (κ1) is 11.0. The maximum absolute atomic E-state index is 10.6. The first-order valence-electron chi connectivity index (χ1n) is 5.31. The Bertz CT molecular complexity index is 191. The maximum atomic E-state index is 10.6. The highest BCUT2D eigenvalue weighted by Crippen LogP contribution is 2.53. The van der Waals surface area contributed by atoms with Crippen molar-refractivity contribution in [2.24, 2.45) is 23.0 Å². The van der Waals surface area contributed by atoms with E-state index in [2.05, 4.69) is 27.7 Å². The van der Waals surface area contributed by atoms with Crippen molar-refractivity contribution in [1.29, 1.82) is 0 Å². The van der Waals surface area contributed by atoms with Crippen LogP contribution in [0.4, 0.5) is 0 Å². The van der Waals surface area contributed by atoms with Crippen molar-refractivity contribution in [3.63, 3.8) is 0 Å². The molecule has 3 unspecified atom stereocenters. The summed E-state index contributed by atoms with van der Waals surface area (Å²) in [5.74, 6) is 1.15. The van der Waals surface area contributed by atoms with E-state index in [4.69, 9.17) is 5.73 Å². The predicted octanol–water partition coefficient (Wildman–Crippen LogP) is 1.77. The van der Waals surface area contributed by atoms with Crippen LogP contribution in [0, 0.1) is 17.3 Å². The standard InChI is InChI=1S/C11H23NO/c1-5-11(13,9-6-8(9)2)10(3,4)7-12/h8-9,13H,5-7,12H2,1-4H3. The lowest BCUT2D eigenvalue weighted by Crippen LogP contribution is -2.50. The average molecular weight is 185 g/mol. The van der Waals surface area contributed by atoms with Crippen LogP contribution in [-0.4, -0.2) is 17.3 Å². The fourth-order valence-electron chi connectivity index (χ4n) is 2.41. The molecule has 3 atom stereocenters. The Morgan fingerprint density at radius 1 is 1.46 bits per heavy atom. The van der Waals surface area contributed by atoms with E-state index < -0.39 is 5.60 Å². The molecule has 2 nitrogen and oxygen atoms in total. The second kappa shape index (κ2) is 3.25. The lowest BCUT2D eigenvalue weighted by molar-refractivity contribution is -0.0871. The van der Waals surface area contributed by atoms with Gasteiger partial charge in [0, 0.05) is 12.0 Å². The number of rotatable bonds is 4. The van der Waals surface area contributed by atoms with Crippen LogP contribution in [0.5, 0.6) is 0 Å². The van der Waals surface area contributed by atoms with Gasteiger partial charge in [-0.2, -0.15) is 0 Å². The van der Waals surface area contributed by atoms with E-state index in [1.807, 2.05) is 0 Å². The number of hydrogen-bond donors (Lipinski definition) is 2. The molecule has 0 saturated heterocycles. The molecule has 0 amide bonds. The average Bonchev–Trinajstić information content (AvgIpc) is 2.81. The molecule has 2 heteroatoms. The van der Waals surface area contributed by atoms with Crippen molar-refractivity contribution in [3.8, 4) is 0 Å². The zero-order valence-electron chi connectivity index (χ0n) is 9.30. The van der Waals surface area contributed by atoms with E-state index in [0.29, 0.717) is 18.4 Å². The number of nitrogens with two attached hydrogens (primary N) is 1. The predicted molar refractivity (Wildman–Crippen MR) is 55.3 cm³/mol. The molecular weight excluding hydrogens is 162 g/mol. The van der Waals surface area contributed by atoms with Crippen LogP contribution in [-0.2, 0) is 0 Å². The van der Waals surface area contributed by atoms with Crippen molar-refractivity contribution >= 4 is 0 Å². The molecule has 1 aliphatic rings. The Morgan fingerprint density at radius 3 is 2.15 bits per heavy atom. The third-order valence-corrected chi connectivity index (χ3v) is 3.94. The van der Waals surface area contributed by atoms with Gasteiger partial charge < -0.3 is 10.8 Å². The highest BCUT2D eigenvalue weighted by Gasteiger charge is 2.55. The van der Waals surface area contributed by atoms with Crippen molar-refractivity contribution in [3.05, 3.63) is 0 Å². The van der Waals surface area contributed by atoms with E-state index in [1.165, 1.54) is 0 Å². The Hall–Kier alpha value is -0.0800. The highest BCUT2D eigenvalue weighted by molar-refractivity contribution is 5.06. The molecule has 1 rings (SSSR count). The molecule has 0 radical (unpaired) electrons. The van der Waals surface area contributed by atoms with Gasteiger partial charge in [-0.15, -0.1) is 0 Å². The van der Waals surface area contributed by atoms with Gasteiger partial charge in [0.05, 0.1) is 5.60 Å². The van der Waals surface area contributed by atoms with Crippen LogP contribution in [0.1, 0.15) is 40.5 Å². The molecule has 0 heterocycles. The summed E-state index contributed by atoms with van der Waals surface area (Å²) in [5, 5.41) is 10.6. The lowest BCUT2D eigenvalue weighted by atomic mass is 9.70. The molecule has 1 fully saturated rings. The zero-order chi connectivity index (χ0) is 10.3. The van der Waals surface area contributed by atoms with Gasteiger partial charge in [-0.25, -0.2) is 0 Å². The van der Waals surface area contributed by atoms with Gasteiger partial charge in [0.1, 0.15) is 0 Å². The van der Waals surface area contributed by atoms with Crippen LogP contribution >= 0.6 is 0 Å². The second-order valence-electron chi connectivity index (χ2n) is 5.19. The summed E-state index contributed by atoms with van der Waals surface area (Å²) in [6, 6.07) is 0. The quantitative estimate of drug-likeness (QED) is 0.701. The van der Waals surface area contributed by atoms with E-state index in [9.17, 15) is 5.11 Å². The lowest BCUT2D eigenvalue weighted by Gasteiger charge is -2.42. The van der Waals surface area contributed by atoms with Gasteiger partial charge in [-0.05, 0) is 24.7 Å². The molecule has 0 bridgehead atoms. The monoisotopic (exact) mass is 185 g/mol. The largest absolute Gasteiger partial charge is 0.389 e. The molecular formula is C11H23NO. The minimum atomic E-state index is -0.554. The van der Waals surface area contributed by atoms with E-state index >= 15 is 0 Å². The number of hydrogen-bond acceptors (Lipinski definition) is 2. The second-order valence-corrected chi connectivity index (χ2v) is 5.19. The fourth-order valence-corrected chi connectivity index (χ4v) is 2.41. The van der Waals surface area contributed by atoms with E-state index in [0.717, 1.165) is 12.8 Å². The Morgan fingerprint density at radius 2 is 1.92 bits per heavy atom. The highest BCUT2D eigenvalue weighted by atomic mass is 16.3. The van der Waals surface area contributed by atoms with Gasteiger partial charge in [-0.1, -0.05) is 27.7 Å². The minimum absolute atomic E-state index is 0.156. The maximum Gasteiger partial charge on any atom is 0.0738 e. The molecule has 0 spiro atoms. The van der Waals surface area contributed by atoms with Gasteiger partial charge in [0.15, 0.2) is 0 Å². The van der Waals surface area contributed by atoms with Gasteiger partial charge in [0.25, 0.3) is 0 Å². The summed E-state index contributed by atoms with van der Waals surface area (Å²) >= 11 is 0. The smallest absolute Gasteiger partial charge is 0.0738 e. The third-order valence-electron chi connectivity index (χ3n) is 3.94. The van der Waals surface area contributed by atoms with Crippen LogP contribution in [0.2, 0.25) is 0 Å². The summed E-state index contributed by atoms with van der Waals surface area (Å²) in [6.07, 6.45) is 1.97. The first-order valence-corrected chi connectivity index (χ1v) is 5.31. The third kappa shape index (κ3) is 1.62. The number of aliphatic hydroxyl groups is 1. The van der Waals surface area contributed by atoms with Crippen molar-refractivity contribution in [2.75, 3.05) is 6.54 Å². The molecule has 3 N–H and O–H groups in total. The van der Waals surface area contributed by atoms with Crippen LogP contribution in [0.25, 0.3) is 0 Å².